The van der Waals surface area contributed by atoms with E-state index in [1.165, 1.54) is 36.6 Å². The lowest BCUT2D eigenvalue weighted by Gasteiger charge is -2.11. The van der Waals surface area contributed by atoms with Crippen molar-refractivity contribution in [1.29, 1.82) is 0 Å². The maximum absolute atomic E-state index is 13.9. The van der Waals surface area contributed by atoms with Gasteiger partial charge in [0.1, 0.15) is 11.6 Å². The number of ether oxygens (including phenoxy) is 1. The molecule has 2 aromatic carbocycles. The molecule has 0 unspecified atom stereocenters. The summed E-state index contributed by atoms with van der Waals surface area (Å²) in [5.74, 6) is 0.166. The fourth-order valence-corrected chi connectivity index (χ4v) is 3.65. The molecule has 7 nitrogen and oxygen atoms in total. The second-order valence-electron chi connectivity index (χ2n) is 5.90. The zero-order valence-electron chi connectivity index (χ0n) is 15.3. The Morgan fingerprint density at radius 2 is 2.14 bits per heavy atom. The van der Waals surface area contributed by atoms with E-state index < -0.39 is 4.92 Å². The van der Waals surface area contributed by atoms with Crippen LogP contribution in [0.15, 0.2) is 47.8 Å². The van der Waals surface area contributed by atoms with Crippen molar-refractivity contribution in [3.63, 3.8) is 0 Å². The van der Waals surface area contributed by atoms with Gasteiger partial charge in [-0.1, -0.05) is 18.2 Å². The zero-order chi connectivity index (χ0) is 20.8. The Morgan fingerprint density at radius 3 is 2.90 bits per heavy atom. The highest BCUT2D eigenvalue weighted by Crippen LogP contribution is 2.27. The number of non-ortho nitro benzene ring substituents is 1. The smallest absolute Gasteiger partial charge is 0.270 e. The first-order valence-corrected chi connectivity index (χ1v) is 9.83. The largest absolute Gasteiger partial charge is 0.496 e. The molecule has 150 valence electrons. The van der Waals surface area contributed by atoms with Gasteiger partial charge in [0, 0.05) is 35.2 Å². The van der Waals surface area contributed by atoms with E-state index in [9.17, 15) is 14.5 Å². The first-order chi connectivity index (χ1) is 14.0. The van der Waals surface area contributed by atoms with Crippen molar-refractivity contribution in [2.24, 2.45) is 0 Å². The van der Waals surface area contributed by atoms with Gasteiger partial charge in [0.15, 0.2) is 10.2 Å². The SMILES string of the molecule is COc1cccc(F)c1CCNC(=S)Nc1nc(-c2cccc([N+](=O)[O-])c2)cs1. The number of methoxy groups -OCH3 is 1. The van der Waals surface area contributed by atoms with E-state index in [-0.39, 0.29) is 11.5 Å². The van der Waals surface area contributed by atoms with Gasteiger partial charge in [0.05, 0.1) is 17.7 Å². The lowest BCUT2D eigenvalue weighted by Crippen LogP contribution is -2.30. The van der Waals surface area contributed by atoms with Crippen LogP contribution in [0.3, 0.4) is 0 Å². The van der Waals surface area contributed by atoms with Crippen LogP contribution in [0.4, 0.5) is 15.2 Å². The summed E-state index contributed by atoms with van der Waals surface area (Å²) in [6.07, 6.45) is 0.397. The van der Waals surface area contributed by atoms with Crippen LogP contribution < -0.4 is 15.4 Å². The van der Waals surface area contributed by atoms with Gasteiger partial charge in [-0.05, 0) is 30.8 Å². The quantitative estimate of drug-likeness (QED) is 0.325. The summed E-state index contributed by atoms with van der Waals surface area (Å²) in [5.41, 5.74) is 1.74. The predicted octanol–water partition coefficient (Wildman–Crippen LogP) is 4.40. The molecular weight excluding hydrogens is 415 g/mol. The van der Waals surface area contributed by atoms with Crippen molar-refractivity contribution >= 4 is 39.5 Å². The number of nitrogens with one attached hydrogen (secondary N) is 2. The molecule has 10 heteroatoms. The van der Waals surface area contributed by atoms with Gasteiger partial charge < -0.3 is 15.4 Å². The number of aromatic nitrogens is 1. The summed E-state index contributed by atoms with van der Waals surface area (Å²) in [6, 6.07) is 11.0. The van der Waals surface area contributed by atoms with Crippen molar-refractivity contribution in [3.05, 3.63) is 69.3 Å². The number of nitro benzene ring substituents is 1. The molecule has 0 aliphatic rings. The standard InChI is InChI=1S/C19H17FN4O3S2/c1-27-17-7-3-6-15(20)14(17)8-9-21-18(28)23-19-22-16(11-29-19)12-4-2-5-13(10-12)24(25)26/h2-7,10-11H,8-9H2,1H3,(H2,21,22,23,28). The molecule has 0 saturated heterocycles. The third-order valence-corrected chi connectivity index (χ3v) is 5.04. The average Bonchev–Trinajstić information content (AvgIpc) is 3.17. The number of nitrogens with zero attached hydrogens (tertiary/aromatic N) is 2. The van der Waals surface area contributed by atoms with E-state index in [0.29, 0.717) is 45.8 Å². The van der Waals surface area contributed by atoms with Crippen LogP contribution >= 0.6 is 23.6 Å². The number of rotatable bonds is 7. The topological polar surface area (TPSA) is 89.3 Å². The monoisotopic (exact) mass is 432 g/mol. The first-order valence-electron chi connectivity index (χ1n) is 8.54. The van der Waals surface area contributed by atoms with Gasteiger partial charge in [-0.3, -0.25) is 10.1 Å². The minimum atomic E-state index is -0.446. The number of nitro groups is 1. The van der Waals surface area contributed by atoms with Crippen molar-refractivity contribution in [2.45, 2.75) is 6.42 Å². The minimum absolute atomic E-state index is 0.00534. The van der Waals surface area contributed by atoms with E-state index >= 15 is 0 Å². The number of thiocarbonyl (C=S) groups is 1. The van der Waals surface area contributed by atoms with Crippen LogP contribution in [0, 0.1) is 15.9 Å². The van der Waals surface area contributed by atoms with Crippen molar-refractivity contribution in [2.75, 3.05) is 19.0 Å². The Kier molecular flexibility index (Phi) is 6.68. The summed E-state index contributed by atoms with van der Waals surface area (Å²) in [7, 11) is 1.50. The Bertz CT molecular complexity index is 1040. The zero-order valence-corrected chi connectivity index (χ0v) is 17.0. The van der Waals surface area contributed by atoms with Gasteiger partial charge in [0.2, 0.25) is 0 Å². The lowest BCUT2D eigenvalue weighted by atomic mass is 10.1. The number of anilines is 1. The molecule has 0 aliphatic carbocycles. The van der Waals surface area contributed by atoms with Gasteiger partial charge in [-0.2, -0.15) is 0 Å². The summed E-state index contributed by atoms with van der Waals surface area (Å²) < 4.78 is 19.1. The summed E-state index contributed by atoms with van der Waals surface area (Å²) in [5, 5.41) is 19.6. The number of thiazole rings is 1. The maximum atomic E-state index is 13.9. The molecule has 0 saturated carbocycles. The second-order valence-corrected chi connectivity index (χ2v) is 7.16. The molecule has 1 aromatic heterocycles. The third-order valence-electron chi connectivity index (χ3n) is 4.03. The second kappa shape index (κ2) is 9.39. The molecule has 2 N–H and O–H groups in total. The van der Waals surface area contributed by atoms with Crippen LogP contribution in [0.2, 0.25) is 0 Å². The summed E-state index contributed by atoms with van der Waals surface area (Å²) >= 11 is 6.58. The highest BCUT2D eigenvalue weighted by Gasteiger charge is 2.11. The normalized spacial score (nSPS) is 10.4. The predicted molar refractivity (Wildman–Crippen MR) is 115 cm³/mol. The summed E-state index contributed by atoms with van der Waals surface area (Å²) in [6.45, 7) is 0.409. The molecule has 3 rings (SSSR count). The van der Waals surface area contributed by atoms with Gasteiger partial charge >= 0.3 is 0 Å². The fraction of sp³-hybridized carbons (Fsp3) is 0.158. The van der Waals surface area contributed by atoms with Crippen molar-refractivity contribution in [1.82, 2.24) is 10.3 Å². The van der Waals surface area contributed by atoms with E-state index in [1.807, 2.05) is 0 Å². The third kappa shape index (κ3) is 5.24. The van der Waals surface area contributed by atoms with Gasteiger partial charge in [0.25, 0.3) is 5.69 Å². The fourth-order valence-electron chi connectivity index (χ4n) is 2.66. The average molecular weight is 433 g/mol. The first kappa shape index (κ1) is 20.6. The van der Waals surface area contributed by atoms with Crippen molar-refractivity contribution < 1.29 is 14.1 Å². The van der Waals surface area contributed by atoms with Crippen molar-refractivity contribution in [3.8, 4) is 17.0 Å². The van der Waals surface area contributed by atoms with E-state index in [2.05, 4.69) is 15.6 Å². The number of hydrogen-bond acceptors (Lipinski definition) is 6. The van der Waals surface area contributed by atoms with Crippen LogP contribution in [0.25, 0.3) is 11.3 Å². The Morgan fingerprint density at radius 1 is 1.34 bits per heavy atom. The molecule has 1 heterocycles. The number of halogens is 1. The van der Waals surface area contributed by atoms with Crippen LogP contribution in [-0.2, 0) is 6.42 Å². The van der Waals surface area contributed by atoms with Gasteiger partial charge in [-0.15, -0.1) is 11.3 Å². The number of hydrogen-bond donors (Lipinski definition) is 2. The summed E-state index contributed by atoms with van der Waals surface area (Å²) in [4.78, 5) is 14.9. The Hall–Kier alpha value is -3.11. The van der Waals surface area contributed by atoms with E-state index in [1.54, 1.807) is 29.6 Å². The van der Waals surface area contributed by atoms with Gasteiger partial charge in [-0.25, -0.2) is 9.37 Å². The lowest BCUT2D eigenvalue weighted by molar-refractivity contribution is -0.384. The maximum Gasteiger partial charge on any atom is 0.270 e. The van der Waals surface area contributed by atoms with Crippen LogP contribution in [0.5, 0.6) is 5.75 Å². The Labute approximate surface area is 175 Å². The highest BCUT2D eigenvalue weighted by molar-refractivity contribution is 7.80. The molecule has 3 aromatic rings. The Balaban J connectivity index is 1.57. The highest BCUT2D eigenvalue weighted by atomic mass is 32.1. The van der Waals surface area contributed by atoms with E-state index in [0.717, 1.165) is 0 Å². The molecule has 0 bridgehead atoms. The molecular formula is C19H17FN4O3S2. The van der Waals surface area contributed by atoms with Crippen LogP contribution in [-0.4, -0.2) is 28.7 Å². The molecule has 0 aliphatic heterocycles. The molecule has 0 atom stereocenters. The molecule has 0 radical (unpaired) electrons. The minimum Gasteiger partial charge on any atom is -0.496 e. The molecule has 0 spiro atoms. The van der Waals surface area contributed by atoms with Crippen LogP contribution in [0.1, 0.15) is 5.56 Å². The molecule has 0 amide bonds. The molecule has 0 fully saturated rings. The number of benzene rings is 2. The molecule has 29 heavy (non-hydrogen) atoms. The van der Waals surface area contributed by atoms with E-state index in [4.69, 9.17) is 17.0 Å².